The van der Waals surface area contributed by atoms with Crippen molar-refractivity contribution in [2.75, 3.05) is 5.73 Å². The Labute approximate surface area is 94.3 Å². The van der Waals surface area contributed by atoms with Crippen LogP contribution < -0.4 is 5.73 Å². The van der Waals surface area contributed by atoms with E-state index in [2.05, 4.69) is 15.0 Å². The van der Waals surface area contributed by atoms with E-state index in [0.717, 1.165) is 12.1 Å². The number of nitrogens with zero attached hydrogens (tertiary/aromatic N) is 3. The lowest BCUT2D eigenvalue weighted by atomic mass is 10.1. The van der Waals surface area contributed by atoms with E-state index in [1.165, 1.54) is 18.5 Å². The van der Waals surface area contributed by atoms with Gasteiger partial charge in [-0.2, -0.15) is 18.2 Å². The highest BCUT2D eigenvalue weighted by Gasteiger charge is 2.30. The minimum atomic E-state index is -4.35. The molecule has 1 aromatic carbocycles. The topological polar surface area (TPSA) is 64.7 Å². The van der Waals surface area contributed by atoms with Gasteiger partial charge in [-0.1, -0.05) is 12.1 Å². The largest absolute Gasteiger partial charge is 0.416 e. The van der Waals surface area contributed by atoms with Crippen molar-refractivity contribution in [3.05, 3.63) is 36.2 Å². The van der Waals surface area contributed by atoms with Gasteiger partial charge in [0.2, 0.25) is 5.95 Å². The van der Waals surface area contributed by atoms with E-state index >= 15 is 0 Å². The number of rotatable bonds is 1. The molecule has 0 spiro atoms. The molecule has 1 aromatic heterocycles. The maximum absolute atomic E-state index is 12.3. The number of alkyl halides is 3. The van der Waals surface area contributed by atoms with Crippen LogP contribution in [-0.2, 0) is 6.18 Å². The summed E-state index contributed by atoms with van der Waals surface area (Å²) in [5.74, 6) is 0.265. The van der Waals surface area contributed by atoms with Crippen LogP contribution in [0.4, 0.5) is 19.1 Å². The second-order valence-electron chi connectivity index (χ2n) is 3.24. The van der Waals surface area contributed by atoms with Gasteiger partial charge in [0.05, 0.1) is 5.56 Å². The normalized spacial score (nSPS) is 11.5. The molecule has 0 saturated heterocycles. The molecule has 2 rings (SSSR count). The van der Waals surface area contributed by atoms with Crippen molar-refractivity contribution in [3.8, 4) is 11.4 Å². The van der Waals surface area contributed by atoms with Crippen molar-refractivity contribution in [1.82, 2.24) is 15.0 Å². The summed E-state index contributed by atoms with van der Waals surface area (Å²) in [7, 11) is 0. The second kappa shape index (κ2) is 4.00. The number of hydrogen-bond donors (Lipinski definition) is 1. The highest BCUT2D eigenvalue weighted by molar-refractivity contribution is 5.56. The molecule has 0 bridgehead atoms. The summed E-state index contributed by atoms with van der Waals surface area (Å²) < 4.78 is 37.0. The Bertz CT molecular complexity index is 522. The van der Waals surface area contributed by atoms with Gasteiger partial charge < -0.3 is 5.73 Å². The molecule has 0 radical (unpaired) electrons. The van der Waals surface area contributed by atoms with E-state index in [9.17, 15) is 13.2 Å². The highest BCUT2D eigenvalue weighted by atomic mass is 19.4. The number of nitrogens with two attached hydrogens (primary N) is 1. The Balaban J connectivity index is 2.36. The van der Waals surface area contributed by atoms with Gasteiger partial charge in [-0.3, -0.25) is 0 Å². The van der Waals surface area contributed by atoms with Crippen molar-refractivity contribution >= 4 is 5.95 Å². The van der Waals surface area contributed by atoms with Crippen molar-refractivity contribution < 1.29 is 13.2 Å². The second-order valence-corrected chi connectivity index (χ2v) is 3.24. The van der Waals surface area contributed by atoms with Crippen LogP contribution >= 0.6 is 0 Å². The summed E-state index contributed by atoms with van der Waals surface area (Å²) in [5, 5.41) is 0. The molecule has 0 atom stereocenters. The lowest BCUT2D eigenvalue weighted by Gasteiger charge is -2.06. The molecule has 2 aromatic rings. The third kappa shape index (κ3) is 2.49. The number of halogens is 3. The van der Waals surface area contributed by atoms with Crippen molar-refractivity contribution in [2.24, 2.45) is 0 Å². The van der Waals surface area contributed by atoms with Crippen LogP contribution in [0.1, 0.15) is 5.56 Å². The molecule has 0 unspecified atom stereocenters. The minimum absolute atomic E-state index is 0.0231. The zero-order valence-corrected chi connectivity index (χ0v) is 8.44. The Morgan fingerprint density at radius 1 is 1.00 bits per heavy atom. The van der Waals surface area contributed by atoms with Crippen molar-refractivity contribution in [1.29, 1.82) is 0 Å². The number of anilines is 1. The van der Waals surface area contributed by atoms with Gasteiger partial charge in [-0.15, -0.1) is 0 Å². The Hall–Kier alpha value is -2.18. The monoisotopic (exact) mass is 240 g/mol. The molecule has 0 aliphatic carbocycles. The lowest BCUT2D eigenvalue weighted by Crippen LogP contribution is -2.04. The van der Waals surface area contributed by atoms with Crippen LogP contribution in [0.3, 0.4) is 0 Å². The molecule has 0 aliphatic rings. The predicted octanol–water partition coefficient (Wildman–Crippen LogP) is 2.14. The zero-order chi connectivity index (χ0) is 12.5. The fraction of sp³-hybridized carbons (Fsp3) is 0.100. The van der Waals surface area contributed by atoms with Crippen LogP contribution in [0, 0.1) is 0 Å². The molecule has 17 heavy (non-hydrogen) atoms. The molecule has 2 N–H and O–H groups in total. The predicted molar refractivity (Wildman–Crippen MR) is 54.7 cm³/mol. The molecule has 88 valence electrons. The van der Waals surface area contributed by atoms with Crippen LogP contribution in [0.15, 0.2) is 30.6 Å². The van der Waals surface area contributed by atoms with E-state index in [0.29, 0.717) is 5.56 Å². The minimum Gasteiger partial charge on any atom is -0.368 e. The third-order valence-corrected chi connectivity index (χ3v) is 2.06. The fourth-order valence-electron chi connectivity index (χ4n) is 1.26. The Morgan fingerprint density at radius 2 is 1.65 bits per heavy atom. The number of aromatic nitrogens is 3. The van der Waals surface area contributed by atoms with Crippen LogP contribution in [0.5, 0.6) is 0 Å². The molecular formula is C10H7F3N4. The summed E-state index contributed by atoms with van der Waals surface area (Å²) in [6, 6.07) is 4.51. The van der Waals surface area contributed by atoms with E-state index in [1.54, 1.807) is 0 Å². The lowest BCUT2D eigenvalue weighted by molar-refractivity contribution is -0.137. The summed E-state index contributed by atoms with van der Waals surface area (Å²) in [4.78, 5) is 11.2. The third-order valence-electron chi connectivity index (χ3n) is 2.06. The molecular weight excluding hydrogens is 233 g/mol. The van der Waals surface area contributed by atoms with E-state index in [1.807, 2.05) is 0 Å². The highest BCUT2D eigenvalue weighted by Crippen LogP contribution is 2.30. The van der Waals surface area contributed by atoms with Gasteiger partial charge in [0, 0.05) is 5.56 Å². The average molecular weight is 240 g/mol. The molecule has 7 heteroatoms. The maximum Gasteiger partial charge on any atom is 0.416 e. The molecule has 0 aliphatic heterocycles. The van der Waals surface area contributed by atoms with E-state index in [-0.39, 0.29) is 11.8 Å². The molecule has 1 heterocycles. The van der Waals surface area contributed by atoms with Gasteiger partial charge in [-0.05, 0) is 12.1 Å². The first-order valence-corrected chi connectivity index (χ1v) is 4.59. The quantitative estimate of drug-likeness (QED) is 0.829. The summed E-state index contributed by atoms with van der Waals surface area (Å²) in [6.07, 6.45) is -3.15. The van der Waals surface area contributed by atoms with Gasteiger partial charge in [0.25, 0.3) is 0 Å². The summed E-state index contributed by atoms with van der Waals surface area (Å²) >= 11 is 0. The SMILES string of the molecule is Nc1ncnc(-c2ccc(C(F)(F)F)cc2)n1. The first-order valence-electron chi connectivity index (χ1n) is 4.59. The first-order chi connectivity index (χ1) is 7.97. The molecule has 0 fully saturated rings. The number of nitrogen functional groups attached to an aromatic ring is 1. The number of benzene rings is 1. The fourth-order valence-corrected chi connectivity index (χ4v) is 1.26. The number of hydrogen-bond acceptors (Lipinski definition) is 4. The molecule has 0 saturated carbocycles. The smallest absolute Gasteiger partial charge is 0.368 e. The van der Waals surface area contributed by atoms with Gasteiger partial charge in [-0.25, -0.2) is 9.97 Å². The van der Waals surface area contributed by atoms with Crippen LogP contribution in [0.25, 0.3) is 11.4 Å². The molecule has 0 amide bonds. The summed E-state index contributed by atoms with van der Waals surface area (Å²) in [6.45, 7) is 0. The first kappa shape index (κ1) is 11.3. The van der Waals surface area contributed by atoms with Crippen LogP contribution in [-0.4, -0.2) is 15.0 Å². The van der Waals surface area contributed by atoms with E-state index < -0.39 is 11.7 Å². The average Bonchev–Trinajstić information content (AvgIpc) is 2.28. The maximum atomic E-state index is 12.3. The van der Waals surface area contributed by atoms with Crippen molar-refractivity contribution in [3.63, 3.8) is 0 Å². The van der Waals surface area contributed by atoms with Gasteiger partial charge in [0.1, 0.15) is 6.33 Å². The van der Waals surface area contributed by atoms with Crippen LogP contribution in [0.2, 0.25) is 0 Å². The standard InChI is InChI=1S/C10H7F3N4/c11-10(12,13)7-3-1-6(2-4-7)8-15-5-16-9(14)17-8/h1-5H,(H2,14,15,16,17). The Kier molecular flexibility index (Phi) is 2.66. The zero-order valence-electron chi connectivity index (χ0n) is 8.44. The molecule has 4 nitrogen and oxygen atoms in total. The summed E-state index contributed by atoms with van der Waals surface area (Å²) in [5.41, 5.74) is 5.08. The Morgan fingerprint density at radius 3 is 2.18 bits per heavy atom. The van der Waals surface area contributed by atoms with Crippen molar-refractivity contribution in [2.45, 2.75) is 6.18 Å². The van der Waals surface area contributed by atoms with E-state index in [4.69, 9.17) is 5.73 Å². The van der Waals surface area contributed by atoms with Gasteiger partial charge >= 0.3 is 6.18 Å². The van der Waals surface area contributed by atoms with Gasteiger partial charge in [0.15, 0.2) is 5.82 Å².